The Kier molecular flexibility index (Phi) is 6.10. The Balaban J connectivity index is 0.00000220. The average molecular weight is 316 g/mol. The van der Waals surface area contributed by atoms with Crippen molar-refractivity contribution in [3.05, 3.63) is 24.0 Å². The van der Waals surface area contributed by atoms with E-state index in [1.807, 2.05) is 32.9 Å². The molecule has 3 N–H and O–H groups in total. The molecule has 21 heavy (non-hydrogen) atoms. The maximum Gasteiger partial charge on any atom is 0.414 e. The molecule has 1 unspecified atom stereocenters. The summed E-state index contributed by atoms with van der Waals surface area (Å²) in [7, 11) is 0. The lowest BCUT2D eigenvalue weighted by Gasteiger charge is -2.37. The molecule has 0 aromatic rings. The van der Waals surface area contributed by atoms with Crippen molar-refractivity contribution in [2.24, 2.45) is 11.7 Å². The third-order valence-corrected chi connectivity index (χ3v) is 3.57. The van der Waals surface area contributed by atoms with Crippen LogP contribution in [0.25, 0.3) is 0 Å². The van der Waals surface area contributed by atoms with Crippen molar-refractivity contribution >= 4 is 18.5 Å². The van der Waals surface area contributed by atoms with Crippen LogP contribution >= 0.6 is 12.4 Å². The number of nitrogens with zero attached hydrogens (tertiary/aromatic N) is 1. The van der Waals surface area contributed by atoms with Gasteiger partial charge in [0.2, 0.25) is 0 Å². The molecule has 120 valence electrons. The molecule has 0 aromatic heterocycles. The largest absolute Gasteiger partial charge is 0.443 e. The fraction of sp³-hybridized carbons (Fsp3) is 0.667. The smallest absolute Gasteiger partial charge is 0.414 e. The van der Waals surface area contributed by atoms with Gasteiger partial charge in [-0.05, 0) is 58.7 Å². The Bertz CT molecular complexity index is 423. The number of hydrogen-bond donors (Lipinski definition) is 2. The van der Waals surface area contributed by atoms with Gasteiger partial charge < -0.3 is 15.8 Å². The van der Waals surface area contributed by atoms with Crippen LogP contribution in [0, 0.1) is 5.92 Å². The highest BCUT2D eigenvalue weighted by molar-refractivity contribution is 5.85. The van der Waals surface area contributed by atoms with Crippen molar-refractivity contribution in [2.45, 2.75) is 45.3 Å². The van der Waals surface area contributed by atoms with E-state index in [0.29, 0.717) is 11.6 Å². The normalized spacial score (nSPS) is 23.3. The van der Waals surface area contributed by atoms with E-state index in [2.05, 4.69) is 5.32 Å². The van der Waals surface area contributed by atoms with Gasteiger partial charge in [-0.2, -0.15) is 0 Å². The molecule has 2 heterocycles. The van der Waals surface area contributed by atoms with Crippen LogP contribution < -0.4 is 11.1 Å². The SMILES string of the molecule is CC(C)(C)OC(=O)N1C=C(N)C=CC1C1CCNCC1.Cl. The van der Waals surface area contributed by atoms with Crippen LogP contribution in [0.4, 0.5) is 4.79 Å². The number of carbonyl (C=O) groups is 1. The fourth-order valence-electron chi connectivity index (χ4n) is 2.65. The van der Waals surface area contributed by atoms with Crippen molar-refractivity contribution in [1.82, 2.24) is 10.2 Å². The van der Waals surface area contributed by atoms with E-state index in [1.54, 1.807) is 11.1 Å². The number of nitrogens with one attached hydrogen (secondary N) is 1. The number of hydrogen-bond acceptors (Lipinski definition) is 4. The van der Waals surface area contributed by atoms with E-state index >= 15 is 0 Å². The zero-order valence-corrected chi connectivity index (χ0v) is 13.8. The third kappa shape index (κ3) is 4.93. The number of rotatable bonds is 1. The zero-order valence-electron chi connectivity index (χ0n) is 13.0. The number of allylic oxidation sites excluding steroid dienone is 1. The molecule has 1 saturated heterocycles. The summed E-state index contributed by atoms with van der Waals surface area (Å²) < 4.78 is 5.48. The molecule has 0 spiro atoms. The van der Waals surface area contributed by atoms with Gasteiger partial charge in [-0.3, -0.25) is 4.90 Å². The van der Waals surface area contributed by atoms with Crippen LogP contribution in [-0.2, 0) is 4.74 Å². The number of nitrogens with two attached hydrogens (primary N) is 1. The molecule has 5 nitrogen and oxygen atoms in total. The van der Waals surface area contributed by atoms with E-state index < -0.39 is 5.60 Å². The first kappa shape index (κ1) is 17.9. The van der Waals surface area contributed by atoms with Gasteiger partial charge in [0.15, 0.2) is 0 Å². The minimum atomic E-state index is -0.500. The van der Waals surface area contributed by atoms with E-state index in [0.717, 1.165) is 25.9 Å². The topological polar surface area (TPSA) is 67.6 Å². The highest BCUT2D eigenvalue weighted by Gasteiger charge is 2.33. The first-order valence-electron chi connectivity index (χ1n) is 7.24. The van der Waals surface area contributed by atoms with Crippen LogP contribution in [0.3, 0.4) is 0 Å². The third-order valence-electron chi connectivity index (χ3n) is 3.57. The Labute approximate surface area is 133 Å². The van der Waals surface area contributed by atoms with Crippen LogP contribution in [0.15, 0.2) is 24.0 Å². The monoisotopic (exact) mass is 315 g/mol. The van der Waals surface area contributed by atoms with Crippen LogP contribution in [0.1, 0.15) is 33.6 Å². The summed E-state index contributed by atoms with van der Waals surface area (Å²) in [5.41, 5.74) is 5.91. The van der Waals surface area contributed by atoms with Crippen molar-refractivity contribution < 1.29 is 9.53 Å². The molecule has 2 rings (SSSR count). The van der Waals surface area contributed by atoms with Crippen LogP contribution in [0.2, 0.25) is 0 Å². The first-order chi connectivity index (χ1) is 9.37. The van der Waals surface area contributed by atoms with Gasteiger partial charge in [-0.15, -0.1) is 12.4 Å². The zero-order chi connectivity index (χ0) is 14.8. The minimum absolute atomic E-state index is 0. The van der Waals surface area contributed by atoms with Crippen LogP contribution in [-0.4, -0.2) is 35.7 Å². The van der Waals surface area contributed by atoms with Crippen molar-refractivity contribution in [2.75, 3.05) is 13.1 Å². The molecule has 6 heteroatoms. The standard InChI is InChI=1S/C15H25N3O2.ClH/c1-15(2,3)20-14(19)18-10-12(16)4-5-13(18)11-6-8-17-9-7-11;/h4-5,10-11,13,17H,6-9,16H2,1-3H3;1H. The molecular formula is C15H26ClN3O2. The predicted octanol–water partition coefficient (Wildman–Crippen LogP) is 2.38. The van der Waals surface area contributed by atoms with E-state index in [1.165, 1.54) is 0 Å². The number of carbonyl (C=O) groups excluding carboxylic acids is 1. The lowest BCUT2D eigenvalue weighted by Crippen LogP contribution is -2.47. The van der Waals surface area contributed by atoms with Gasteiger partial charge in [0.1, 0.15) is 5.60 Å². The quantitative estimate of drug-likeness (QED) is 0.779. The number of amides is 1. The average Bonchev–Trinajstić information content (AvgIpc) is 2.37. The molecule has 0 radical (unpaired) electrons. The van der Waals surface area contributed by atoms with Gasteiger partial charge in [0, 0.05) is 11.9 Å². The summed E-state index contributed by atoms with van der Waals surface area (Å²) in [6.45, 7) is 7.61. The van der Waals surface area contributed by atoms with Crippen LogP contribution in [0.5, 0.6) is 0 Å². The summed E-state index contributed by atoms with van der Waals surface area (Å²) in [5, 5.41) is 3.35. The highest BCUT2D eigenvalue weighted by atomic mass is 35.5. The van der Waals surface area contributed by atoms with Gasteiger partial charge >= 0.3 is 6.09 Å². The Morgan fingerprint density at radius 1 is 1.38 bits per heavy atom. The fourth-order valence-corrected chi connectivity index (χ4v) is 2.65. The van der Waals surface area contributed by atoms with Crippen molar-refractivity contribution in [3.8, 4) is 0 Å². The van der Waals surface area contributed by atoms with E-state index in [4.69, 9.17) is 10.5 Å². The van der Waals surface area contributed by atoms with E-state index in [9.17, 15) is 4.79 Å². The Hall–Kier alpha value is -1.20. The molecule has 1 fully saturated rings. The summed E-state index contributed by atoms with van der Waals surface area (Å²) in [4.78, 5) is 14.0. The summed E-state index contributed by atoms with van der Waals surface area (Å²) in [6.07, 6.45) is 7.39. The second-order valence-electron chi connectivity index (χ2n) is 6.45. The summed E-state index contributed by atoms with van der Waals surface area (Å²) in [5.74, 6) is 0.448. The van der Waals surface area contributed by atoms with Gasteiger partial charge in [-0.25, -0.2) is 4.79 Å². The molecule has 2 aliphatic rings. The number of piperidine rings is 1. The second-order valence-corrected chi connectivity index (χ2v) is 6.45. The van der Waals surface area contributed by atoms with Crippen molar-refractivity contribution in [3.63, 3.8) is 0 Å². The predicted molar refractivity (Wildman–Crippen MR) is 86.1 cm³/mol. The molecule has 2 aliphatic heterocycles. The molecule has 0 aromatic carbocycles. The highest BCUT2D eigenvalue weighted by Crippen LogP contribution is 2.27. The Morgan fingerprint density at radius 2 is 2.00 bits per heavy atom. The lowest BCUT2D eigenvalue weighted by atomic mass is 9.88. The molecule has 0 aliphatic carbocycles. The molecule has 1 atom stereocenters. The molecule has 0 saturated carbocycles. The first-order valence-corrected chi connectivity index (χ1v) is 7.24. The minimum Gasteiger partial charge on any atom is -0.443 e. The summed E-state index contributed by atoms with van der Waals surface area (Å²) >= 11 is 0. The maximum absolute atomic E-state index is 12.4. The van der Waals surface area contributed by atoms with E-state index in [-0.39, 0.29) is 24.5 Å². The molecule has 1 amide bonds. The summed E-state index contributed by atoms with van der Waals surface area (Å²) in [6, 6.07) is 0.0410. The van der Waals surface area contributed by atoms with Gasteiger partial charge in [-0.1, -0.05) is 6.08 Å². The van der Waals surface area contributed by atoms with Crippen molar-refractivity contribution in [1.29, 1.82) is 0 Å². The number of ether oxygens (including phenoxy) is 1. The Morgan fingerprint density at radius 3 is 2.57 bits per heavy atom. The van der Waals surface area contributed by atoms with Gasteiger partial charge in [0.05, 0.1) is 6.04 Å². The second kappa shape index (κ2) is 7.18. The van der Waals surface area contributed by atoms with Gasteiger partial charge in [0.25, 0.3) is 0 Å². The molecular weight excluding hydrogens is 290 g/mol. The molecule has 0 bridgehead atoms. The maximum atomic E-state index is 12.4. The number of halogens is 1. The lowest BCUT2D eigenvalue weighted by molar-refractivity contribution is 0.0240.